The Bertz CT molecular complexity index is 680. The zero-order valence-electron chi connectivity index (χ0n) is 11.6. The quantitative estimate of drug-likeness (QED) is 0.801. The van der Waals surface area contributed by atoms with E-state index < -0.39 is 20.2 Å². The van der Waals surface area contributed by atoms with Crippen LogP contribution in [0.25, 0.3) is 0 Å². The Morgan fingerprint density at radius 2 is 1.70 bits per heavy atom. The van der Waals surface area contributed by atoms with E-state index in [4.69, 9.17) is 5.14 Å². The van der Waals surface area contributed by atoms with E-state index in [-0.39, 0.29) is 10.6 Å². The fourth-order valence-corrected chi connectivity index (χ4v) is 3.50. The van der Waals surface area contributed by atoms with Crippen molar-refractivity contribution in [3.05, 3.63) is 23.8 Å². The second-order valence-electron chi connectivity index (χ2n) is 4.21. The topological polar surface area (TPSA) is 110 Å². The fourth-order valence-electron chi connectivity index (χ4n) is 1.66. The predicted octanol–water partition coefficient (Wildman–Crippen LogP) is 0.641. The van der Waals surface area contributed by atoms with Crippen molar-refractivity contribution >= 4 is 25.9 Å². The fraction of sp³-hybridized carbons (Fsp3) is 0.455. The van der Waals surface area contributed by atoms with Crippen LogP contribution in [0.1, 0.15) is 19.4 Å². The van der Waals surface area contributed by atoms with E-state index in [0.717, 1.165) is 0 Å². The molecule has 0 spiro atoms. The van der Waals surface area contributed by atoms with E-state index in [1.54, 1.807) is 20.8 Å². The molecular weight excluding hydrogens is 302 g/mol. The number of aryl methyl sites for hydroxylation is 1. The van der Waals surface area contributed by atoms with Gasteiger partial charge in [-0.15, -0.1) is 0 Å². The van der Waals surface area contributed by atoms with Crippen molar-refractivity contribution in [1.82, 2.24) is 4.31 Å². The van der Waals surface area contributed by atoms with Crippen LogP contribution in [0, 0.1) is 6.92 Å². The number of nitrogens with one attached hydrogen (secondary N) is 1. The van der Waals surface area contributed by atoms with Crippen molar-refractivity contribution in [1.29, 1.82) is 0 Å². The highest BCUT2D eigenvalue weighted by atomic mass is 32.2. The number of nitrogens with zero attached hydrogens (tertiary/aromatic N) is 1. The maximum atomic E-state index is 12.1. The van der Waals surface area contributed by atoms with Crippen molar-refractivity contribution in [2.75, 3.05) is 17.8 Å². The molecule has 0 amide bonds. The molecule has 114 valence electrons. The van der Waals surface area contributed by atoms with Crippen molar-refractivity contribution in [2.24, 2.45) is 5.14 Å². The Balaban J connectivity index is 3.22. The third kappa shape index (κ3) is 3.92. The molecule has 20 heavy (non-hydrogen) atoms. The average molecular weight is 321 g/mol. The molecule has 0 unspecified atom stereocenters. The summed E-state index contributed by atoms with van der Waals surface area (Å²) in [4.78, 5) is -0.139. The normalized spacial score (nSPS) is 12.7. The Kier molecular flexibility index (Phi) is 5.14. The Hall–Kier alpha value is -1.16. The van der Waals surface area contributed by atoms with E-state index >= 15 is 0 Å². The van der Waals surface area contributed by atoms with Gasteiger partial charge in [-0.3, -0.25) is 4.72 Å². The summed E-state index contributed by atoms with van der Waals surface area (Å²) >= 11 is 0. The monoisotopic (exact) mass is 321 g/mol. The second-order valence-corrected chi connectivity index (χ2v) is 7.45. The first-order chi connectivity index (χ1) is 9.11. The third-order valence-corrected chi connectivity index (χ3v) is 5.41. The number of nitrogens with two attached hydrogens (primary N) is 1. The average Bonchev–Trinajstić information content (AvgIpc) is 2.31. The van der Waals surface area contributed by atoms with Crippen LogP contribution in [0.3, 0.4) is 0 Å². The van der Waals surface area contributed by atoms with Gasteiger partial charge in [0.1, 0.15) is 0 Å². The Labute approximate surface area is 120 Å². The SMILES string of the molecule is CCN(CC)S(=O)(=O)Nc1cc(S(N)(=O)=O)ccc1C. The van der Waals surface area contributed by atoms with Gasteiger partial charge in [0.05, 0.1) is 10.6 Å². The zero-order chi connectivity index (χ0) is 15.6. The van der Waals surface area contributed by atoms with Gasteiger partial charge in [-0.1, -0.05) is 19.9 Å². The second kappa shape index (κ2) is 6.08. The number of benzene rings is 1. The number of hydrogen-bond donors (Lipinski definition) is 2. The van der Waals surface area contributed by atoms with Gasteiger partial charge in [0.15, 0.2) is 0 Å². The van der Waals surface area contributed by atoms with Gasteiger partial charge in [-0.25, -0.2) is 13.6 Å². The molecule has 0 saturated heterocycles. The molecule has 0 saturated carbocycles. The molecule has 3 N–H and O–H groups in total. The largest absolute Gasteiger partial charge is 0.301 e. The van der Waals surface area contributed by atoms with Gasteiger partial charge < -0.3 is 0 Å². The molecule has 9 heteroatoms. The Morgan fingerprint density at radius 3 is 2.15 bits per heavy atom. The molecule has 0 aliphatic carbocycles. The van der Waals surface area contributed by atoms with Crippen LogP contribution in [0.2, 0.25) is 0 Å². The minimum atomic E-state index is -3.88. The molecule has 0 aliphatic rings. The summed E-state index contributed by atoms with van der Waals surface area (Å²) in [5.41, 5.74) is 0.802. The van der Waals surface area contributed by atoms with Crippen LogP contribution in [0.4, 0.5) is 5.69 Å². The number of hydrogen-bond acceptors (Lipinski definition) is 4. The summed E-state index contributed by atoms with van der Waals surface area (Å²) < 4.78 is 50.4. The first kappa shape index (κ1) is 16.9. The van der Waals surface area contributed by atoms with Crippen molar-refractivity contribution in [3.8, 4) is 0 Å². The first-order valence-corrected chi connectivity index (χ1v) is 9.01. The van der Waals surface area contributed by atoms with Crippen molar-refractivity contribution < 1.29 is 16.8 Å². The summed E-state index contributed by atoms with van der Waals surface area (Å²) in [7, 11) is -7.59. The van der Waals surface area contributed by atoms with Gasteiger partial charge in [-0.2, -0.15) is 12.7 Å². The van der Waals surface area contributed by atoms with Crippen LogP contribution >= 0.6 is 0 Å². The summed E-state index contributed by atoms with van der Waals surface area (Å²) in [6.07, 6.45) is 0. The highest BCUT2D eigenvalue weighted by Crippen LogP contribution is 2.21. The highest BCUT2D eigenvalue weighted by Gasteiger charge is 2.20. The van der Waals surface area contributed by atoms with Gasteiger partial charge >= 0.3 is 10.2 Å². The summed E-state index contributed by atoms with van der Waals surface area (Å²) in [6, 6.07) is 4.05. The van der Waals surface area contributed by atoms with Crippen LogP contribution in [0.15, 0.2) is 23.1 Å². The zero-order valence-corrected chi connectivity index (χ0v) is 13.3. The lowest BCUT2D eigenvalue weighted by Crippen LogP contribution is -2.35. The van der Waals surface area contributed by atoms with Crippen molar-refractivity contribution in [2.45, 2.75) is 25.7 Å². The minimum absolute atomic E-state index is 0.139. The molecule has 1 aromatic rings. The molecule has 0 fully saturated rings. The van der Waals surface area contributed by atoms with E-state index in [2.05, 4.69) is 4.72 Å². The molecule has 0 radical (unpaired) electrons. The standard InChI is InChI=1S/C11H19N3O4S2/c1-4-14(5-2)20(17,18)13-11-8-10(19(12,15)16)7-6-9(11)3/h6-8,13H,4-5H2,1-3H3,(H2,12,15,16). The summed E-state index contributed by atoms with van der Waals surface area (Å²) in [5, 5.41) is 5.04. The molecule has 0 heterocycles. The van der Waals surface area contributed by atoms with Gasteiger partial charge in [0.25, 0.3) is 0 Å². The predicted molar refractivity (Wildman–Crippen MR) is 78.0 cm³/mol. The van der Waals surface area contributed by atoms with Crippen LogP contribution in [0.5, 0.6) is 0 Å². The number of anilines is 1. The van der Waals surface area contributed by atoms with Crippen LogP contribution in [-0.2, 0) is 20.2 Å². The third-order valence-electron chi connectivity index (χ3n) is 2.82. The van der Waals surface area contributed by atoms with Crippen LogP contribution in [-0.4, -0.2) is 34.2 Å². The summed E-state index contributed by atoms with van der Waals surface area (Å²) in [6.45, 7) is 5.75. The van der Waals surface area contributed by atoms with Crippen LogP contribution < -0.4 is 9.86 Å². The number of primary sulfonamides is 1. The van der Waals surface area contributed by atoms with E-state index in [0.29, 0.717) is 18.7 Å². The lowest BCUT2D eigenvalue weighted by atomic mass is 10.2. The molecule has 1 aromatic carbocycles. The van der Waals surface area contributed by atoms with Crippen molar-refractivity contribution in [3.63, 3.8) is 0 Å². The molecular formula is C11H19N3O4S2. The molecule has 0 bridgehead atoms. The highest BCUT2D eigenvalue weighted by molar-refractivity contribution is 7.90. The molecule has 0 aromatic heterocycles. The van der Waals surface area contributed by atoms with E-state index in [9.17, 15) is 16.8 Å². The van der Waals surface area contributed by atoms with Gasteiger partial charge in [-0.05, 0) is 24.6 Å². The number of sulfonamides is 1. The summed E-state index contributed by atoms with van der Waals surface area (Å²) in [5.74, 6) is 0. The van der Waals surface area contributed by atoms with Gasteiger partial charge in [0.2, 0.25) is 10.0 Å². The first-order valence-electron chi connectivity index (χ1n) is 6.03. The molecule has 7 nitrogen and oxygen atoms in total. The minimum Gasteiger partial charge on any atom is -0.271 e. The Morgan fingerprint density at radius 1 is 1.15 bits per heavy atom. The number of rotatable bonds is 6. The van der Waals surface area contributed by atoms with E-state index in [1.165, 1.54) is 22.5 Å². The maximum absolute atomic E-state index is 12.1. The molecule has 1 rings (SSSR count). The smallest absolute Gasteiger partial charge is 0.271 e. The molecule has 0 atom stereocenters. The lowest BCUT2D eigenvalue weighted by molar-refractivity contribution is 0.449. The lowest BCUT2D eigenvalue weighted by Gasteiger charge is -2.20. The molecule has 0 aliphatic heterocycles. The maximum Gasteiger partial charge on any atom is 0.301 e. The van der Waals surface area contributed by atoms with Gasteiger partial charge in [0, 0.05) is 13.1 Å². The van der Waals surface area contributed by atoms with E-state index in [1.807, 2.05) is 0 Å².